The van der Waals surface area contributed by atoms with Crippen molar-refractivity contribution < 1.29 is 9.18 Å². The van der Waals surface area contributed by atoms with Crippen LogP contribution in [0.2, 0.25) is 0 Å². The molecule has 15 heavy (non-hydrogen) atoms. The minimum atomic E-state index is -0.198. The first-order chi connectivity index (χ1) is 6.91. The summed E-state index contributed by atoms with van der Waals surface area (Å²) in [5, 5.41) is 3.11. The number of Topliss-reactive ketones (excluding diaryl/α,β-unsaturated/α-hetero) is 1. The number of benzene rings is 1. The molecule has 0 saturated heterocycles. The lowest BCUT2D eigenvalue weighted by Crippen LogP contribution is -2.09. The van der Waals surface area contributed by atoms with Gasteiger partial charge in [-0.25, -0.2) is 4.39 Å². The van der Waals surface area contributed by atoms with Crippen LogP contribution < -0.4 is 5.32 Å². The highest BCUT2D eigenvalue weighted by atomic mass is 19.1. The van der Waals surface area contributed by atoms with Crippen LogP contribution in [0, 0.1) is 5.82 Å². The van der Waals surface area contributed by atoms with Gasteiger partial charge in [0, 0.05) is 11.7 Å². The fraction of sp³-hybridized carbons (Fsp3) is 0.417. The number of carbonyl (C=O) groups is 1. The summed E-state index contributed by atoms with van der Waals surface area (Å²) in [4.78, 5) is 9.44. The summed E-state index contributed by atoms with van der Waals surface area (Å²) in [7, 11) is 0. The van der Waals surface area contributed by atoms with Crippen LogP contribution >= 0.6 is 0 Å². The van der Waals surface area contributed by atoms with E-state index in [0.717, 1.165) is 5.69 Å². The van der Waals surface area contributed by atoms with E-state index in [1.54, 1.807) is 6.07 Å². The summed E-state index contributed by atoms with van der Waals surface area (Å²) >= 11 is 0. The van der Waals surface area contributed by atoms with Gasteiger partial charge in [0.1, 0.15) is 11.6 Å². The predicted octanol–water partition coefficient (Wildman–Crippen LogP) is 3.24. The van der Waals surface area contributed by atoms with Crippen molar-refractivity contribution in [3.05, 3.63) is 30.1 Å². The van der Waals surface area contributed by atoms with E-state index in [1.165, 1.54) is 26.0 Å². The molecular formula is C12H18FNO. The smallest absolute Gasteiger partial charge is 0.126 e. The van der Waals surface area contributed by atoms with E-state index < -0.39 is 0 Å². The molecule has 0 fully saturated rings. The van der Waals surface area contributed by atoms with E-state index in [9.17, 15) is 9.18 Å². The fourth-order valence-corrected chi connectivity index (χ4v) is 0.912. The third-order valence-corrected chi connectivity index (χ3v) is 1.28. The molecule has 0 aromatic heterocycles. The molecule has 2 nitrogen and oxygen atoms in total. The molecule has 84 valence electrons. The van der Waals surface area contributed by atoms with Gasteiger partial charge in [0.25, 0.3) is 0 Å². The number of hydrogen-bond donors (Lipinski definition) is 1. The van der Waals surface area contributed by atoms with Crippen molar-refractivity contribution in [3.8, 4) is 0 Å². The second-order valence-corrected chi connectivity index (χ2v) is 3.72. The zero-order valence-electron chi connectivity index (χ0n) is 9.67. The van der Waals surface area contributed by atoms with Gasteiger partial charge in [-0.2, -0.15) is 0 Å². The number of halogens is 1. The molecule has 1 aromatic carbocycles. The van der Waals surface area contributed by atoms with Crippen molar-refractivity contribution in [3.63, 3.8) is 0 Å². The van der Waals surface area contributed by atoms with Gasteiger partial charge in [-0.1, -0.05) is 6.07 Å². The Kier molecular flexibility index (Phi) is 6.34. The Bertz CT molecular complexity index is 306. The number of carbonyl (C=O) groups excluding carboxylic acids is 1. The Balaban J connectivity index is 0.000000423. The first-order valence-electron chi connectivity index (χ1n) is 4.91. The molecule has 1 rings (SSSR count). The Labute approximate surface area is 90.5 Å². The highest BCUT2D eigenvalue weighted by Gasteiger charge is 1.95. The normalized spacial score (nSPS) is 9.20. The lowest BCUT2D eigenvalue weighted by Gasteiger charge is -2.08. The average Bonchev–Trinajstić information content (AvgIpc) is 2.00. The number of hydrogen-bond acceptors (Lipinski definition) is 2. The summed E-state index contributed by atoms with van der Waals surface area (Å²) in [6.07, 6.45) is 0. The quantitative estimate of drug-likeness (QED) is 0.813. The van der Waals surface area contributed by atoms with Crippen molar-refractivity contribution in [2.45, 2.75) is 33.7 Å². The summed E-state index contributed by atoms with van der Waals surface area (Å²) in [5.74, 6) is -0.0318. The van der Waals surface area contributed by atoms with Crippen LogP contribution in [-0.4, -0.2) is 11.8 Å². The first-order valence-corrected chi connectivity index (χ1v) is 4.91. The molecule has 0 spiro atoms. The Morgan fingerprint density at radius 3 is 2.27 bits per heavy atom. The van der Waals surface area contributed by atoms with Gasteiger partial charge in [0.2, 0.25) is 0 Å². The summed E-state index contributed by atoms with van der Waals surface area (Å²) in [5.41, 5.74) is 0.833. The van der Waals surface area contributed by atoms with Crippen molar-refractivity contribution in [1.29, 1.82) is 0 Å². The highest BCUT2D eigenvalue weighted by molar-refractivity contribution is 5.72. The number of ketones is 1. The molecule has 0 amide bonds. The molecule has 0 aliphatic carbocycles. The molecule has 1 aromatic rings. The molecule has 0 saturated carbocycles. The van der Waals surface area contributed by atoms with Gasteiger partial charge in [-0.05, 0) is 45.9 Å². The molecule has 0 bridgehead atoms. The van der Waals surface area contributed by atoms with E-state index in [1.807, 2.05) is 19.9 Å². The minimum Gasteiger partial charge on any atom is -0.383 e. The SMILES string of the molecule is CC(C)=O.CC(C)Nc1cccc(F)c1. The van der Waals surface area contributed by atoms with E-state index in [2.05, 4.69) is 5.32 Å². The zero-order valence-corrected chi connectivity index (χ0v) is 9.67. The van der Waals surface area contributed by atoms with Gasteiger partial charge in [0.15, 0.2) is 0 Å². The highest BCUT2D eigenvalue weighted by Crippen LogP contribution is 2.09. The molecule has 0 unspecified atom stereocenters. The largest absolute Gasteiger partial charge is 0.383 e. The van der Waals surface area contributed by atoms with Gasteiger partial charge < -0.3 is 10.1 Å². The van der Waals surface area contributed by atoms with Crippen molar-refractivity contribution in [1.82, 2.24) is 0 Å². The molecule has 1 N–H and O–H groups in total. The van der Waals surface area contributed by atoms with Crippen molar-refractivity contribution >= 4 is 11.5 Å². The third kappa shape index (κ3) is 8.94. The van der Waals surface area contributed by atoms with E-state index >= 15 is 0 Å². The zero-order chi connectivity index (χ0) is 11.8. The number of anilines is 1. The van der Waals surface area contributed by atoms with Crippen molar-refractivity contribution in [2.75, 3.05) is 5.32 Å². The Morgan fingerprint density at radius 1 is 1.33 bits per heavy atom. The standard InChI is InChI=1S/C9H12FN.C3H6O/c1-7(2)11-9-5-3-4-8(10)6-9;1-3(2)4/h3-7,11H,1-2H3;1-2H3. The summed E-state index contributed by atoms with van der Waals surface area (Å²) < 4.78 is 12.6. The molecule has 0 radical (unpaired) electrons. The number of nitrogens with one attached hydrogen (secondary N) is 1. The molecular weight excluding hydrogens is 193 g/mol. The Morgan fingerprint density at radius 2 is 1.87 bits per heavy atom. The first kappa shape index (κ1) is 13.6. The van der Waals surface area contributed by atoms with Crippen LogP contribution in [0.1, 0.15) is 27.7 Å². The second-order valence-electron chi connectivity index (χ2n) is 3.72. The van der Waals surface area contributed by atoms with Crippen LogP contribution in [0.5, 0.6) is 0 Å². The average molecular weight is 211 g/mol. The monoisotopic (exact) mass is 211 g/mol. The van der Waals surface area contributed by atoms with E-state index in [4.69, 9.17) is 0 Å². The van der Waals surface area contributed by atoms with Crippen LogP contribution in [-0.2, 0) is 4.79 Å². The van der Waals surface area contributed by atoms with Gasteiger partial charge >= 0.3 is 0 Å². The van der Waals surface area contributed by atoms with Gasteiger partial charge in [-0.15, -0.1) is 0 Å². The van der Waals surface area contributed by atoms with Crippen LogP contribution in [0.3, 0.4) is 0 Å². The topological polar surface area (TPSA) is 29.1 Å². The number of rotatable bonds is 2. The molecule has 0 heterocycles. The summed E-state index contributed by atoms with van der Waals surface area (Å²) in [6, 6.07) is 6.81. The third-order valence-electron chi connectivity index (χ3n) is 1.28. The molecule has 0 aliphatic rings. The lowest BCUT2D eigenvalue weighted by molar-refractivity contribution is -0.114. The molecule has 0 aliphatic heterocycles. The molecule has 0 atom stereocenters. The maximum Gasteiger partial charge on any atom is 0.126 e. The second kappa shape index (κ2) is 6.98. The van der Waals surface area contributed by atoms with E-state index in [-0.39, 0.29) is 11.6 Å². The fourth-order valence-electron chi connectivity index (χ4n) is 0.912. The lowest BCUT2D eigenvalue weighted by atomic mass is 10.3. The van der Waals surface area contributed by atoms with Crippen LogP contribution in [0.25, 0.3) is 0 Å². The maximum absolute atomic E-state index is 12.6. The van der Waals surface area contributed by atoms with Crippen LogP contribution in [0.15, 0.2) is 24.3 Å². The van der Waals surface area contributed by atoms with Crippen LogP contribution in [0.4, 0.5) is 10.1 Å². The maximum atomic E-state index is 12.6. The molecule has 3 heteroatoms. The minimum absolute atomic E-state index is 0.167. The van der Waals surface area contributed by atoms with E-state index in [0.29, 0.717) is 6.04 Å². The van der Waals surface area contributed by atoms with Gasteiger partial charge in [0.05, 0.1) is 0 Å². The van der Waals surface area contributed by atoms with Gasteiger partial charge in [-0.3, -0.25) is 0 Å². The predicted molar refractivity (Wildman–Crippen MR) is 61.5 cm³/mol. The van der Waals surface area contributed by atoms with Crippen molar-refractivity contribution in [2.24, 2.45) is 0 Å². The Hall–Kier alpha value is -1.38. The summed E-state index contributed by atoms with van der Waals surface area (Å²) in [6.45, 7) is 7.09.